The Kier molecular flexibility index (Phi) is 10.4. The number of carbonyl (C=O) groups is 2. The predicted octanol–water partition coefficient (Wildman–Crippen LogP) is 14.2. The van der Waals surface area contributed by atoms with E-state index < -0.39 is 11.6 Å². The molecule has 4 aromatic carbocycles. The fraction of sp³-hybridized carbons (Fsp3) is 0.289. The molecule has 0 atom stereocenters. The van der Waals surface area contributed by atoms with Crippen LogP contribution < -0.4 is 9.80 Å². The lowest BCUT2D eigenvalue weighted by molar-refractivity contribution is 0.0989. The summed E-state index contributed by atoms with van der Waals surface area (Å²) in [7, 11) is 0. The molecule has 2 heterocycles. The van der Waals surface area contributed by atoms with E-state index in [1.54, 1.807) is 6.08 Å². The number of aryl methyl sites for hydroxylation is 1. The molecule has 1 aliphatic heterocycles. The molecule has 10 heteroatoms. The van der Waals surface area contributed by atoms with Crippen LogP contribution in [0.3, 0.4) is 0 Å². The standard InChI is InChI=1S/C45H42Cl4N4O2/c1-21(2)26-12-10-13-27(22(3)4)40(26)52-33(19-17-30-42(54)34-35(43(30)55)37(47)39(49)38(48)36(34)46)53(41-28(23(5)6)14-11-15-29(41)24(7)8)45-44(52)50-31-18-16-25(9)20-32(31)51-45/h10-24H,1-9H3/b33-19-. The van der Waals surface area contributed by atoms with Gasteiger partial charge in [0, 0.05) is 0 Å². The Morgan fingerprint density at radius 3 is 1.35 bits per heavy atom. The lowest BCUT2D eigenvalue weighted by Crippen LogP contribution is -2.26. The third kappa shape index (κ3) is 6.36. The Morgan fingerprint density at radius 1 is 0.545 bits per heavy atom. The van der Waals surface area contributed by atoms with Crippen LogP contribution in [0.25, 0.3) is 11.0 Å². The van der Waals surface area contributed by atoms with Crippen molar-refractivity contribution in [1.29, 1.82) is 0 Å². The second-order valence-corrected chi connectivity index (χ2v) is 17.0. The minimum atomic E-state index is -0.579. The maximum atomic E-state index is 14.1. The number of nitrogens with zero attached hydrogens (tertiary/aromatic N) is 4. The Labute approximate surface area is 342 Å². The average Bonchev–Trinajstić information content (AvgIpc) is 3.58. The zero-order valence-electron chi connectivity index (χ0n) is 32.3. The summed E-state index contributed by atoms with van der Waals surface area (Å²) in [6, 6.07) is 18.9. The number of hydrogen-bond acceptors (Lipinski definition) is 6. The molecule has 2 aliphatic rings. The van der Waals surface area contributed by atoms with Gasteiger partial charge in [-0.1, -0.05) is 144 Å². The van der Waals surface area contributed by atoms with E-state index in [2.05, 4.69) is 102 Å². The summed E-state index contributed by atoms with van der Waals surface area (Å²) in [5.41, 5.74) is 8.79. The summed E-state index contributed by atoms with van der Waals surface area (Å²) in [6.45, 7) is 19.5. The summed E-state index contributed by atoms with van der Waals surface area (Å²) in [5.74, 6) is 1.34. The lowest BCUT2D eigenvalue weighted by Gasteiger charge is -2.32. The number of aromatic nitrogens is 2. The molecule has 6 nitrogen and oxygen atoms in total. The van der Waals surface area contributed by atoms with E-state index in [0.717, 1.165) is 50.2 Å². The molecule has 5 aromatic rings. The molecule has 0 radical (unpaired) electrons. The highest BCUT2D eigenvalue weighted by Gasteiger charge is 2.43. The predicted molar refractivity (Wildman–Crippen MR) is 229 cm³/mol. The van der Waals surface area contributed by atoms with Crippen molar-refractivity contribution in [3.05, 3.63) is 137 Å². The van der Waals surface area contributed by atoms with Crippen LogP contribution in [-0.2, 0) is 0 Å². The normalized spacial score (nSPS) is 14.9. The van der Waals surface area contributed by atoms with E-state index >= 15 is 0 Å². The number of allylic oxidation sites excluding steroid dienone is 3. The number of anilines is 4. The Bertz CT molecular complexity index is 2420. The third-order valence-electron chi connectivity index (χ3n) is 10.4. The summed E-state index contributed by atoms with van der Waals surface area (Å²) in [4.78, 5) is 43.3. The summed E-state index contributed by atoms with van der Waals surface area (Å²) in [5, 5.41) is -0.359. The molecule has 0 unspecified atom stereocenters. The maximum Gasteiger partial charge on any atom is 0.199 e. The number of hydrogen-bond donors (Lipinski definition) is 0. The topological polar surface area (TPSA) is 66.4 Å². The van der Waals surface area contributed by atoms with Gasteiger partial charge in [-0.2, -0.15) is 0 Å². The number of rotatable bonds is 7. The highest BCUT2D eigenvalue weighted by atomic mass is 35.5. The zero-order valence-corrected chi connectivity index (χ0v) is 35.3. The molecule has 1 aliphatic carbocycles. The number of benzene rings is 4. The molecule has 0 bridgehead atoms. The summed E-state index contributed by atoms with van der Waals surface area (Å²) < 4.78 is 0. The first kappa shape index (κ1) is 39.1. The van der Waals surface area contributed by atoms with Crippen molar-refractivity contribution in [3.63, 3.8) is 0 Å². The molecule has 0 amide bonds. The van der Waals surface area contributed by atoms with Crippen molar-refractivity contribution in [1.82, 2.24) is 9.97 Å². The summed E-state index contributed by atoms with van der Waals surface area (Å²) in [6.07, 6.45) is 3.38. The second kappa shape index (κ2) is 14.7. The van der Waals surface area contributed by atoms with Crippen molar-refractivity contribution < 1.29 is 9.59 Å². The molecule has 0 saturated heterocycles. The fourth-order valence-corrected chi connectivity index (χ4v) is 8.66. The van der Waals surface area contributed by atoms with Gasteiger partial charge < -0.3 is 0 Å². The maximum absolute atomic E-state index is 14.1. The average molecular weight is 813 g/mol. The zero-order chi connectivity index (χ0) is 39.8. The van der Waals surface area contributed by atoms with Gasteiger partial charge in [-0.3, -0.25) is 19.4 Å². The Balaban J connectivity index is 1.63. The number of halogens is 4. The number of carbonyl (C=O) groups excluding carboxylic acids is 2. The van der Waals surface area contributed by atoms with Crippen LogP contribution in [0.15, 0.2) is 78.1 Å². The van der Waals surface area contributed by atoms with E-state index in [4.69, 9.17) is 56.4 Å². The Hall–Kier alpha value is -4.20. The van der Waals surface area contributed by atoms with Gasteiger partial charge in [0.1, 0.15) is 5.82 Å². The molecule has 0 N–H and O–H groups in total. The number of para-hydroxylation sites is 2. The van der Waals surface area contributed by atoms with Crippen LogP contribution in [-0.4, -0.2) is 21.5 Å². The van der Waals surface area contributed by atoms with Crippen LogP contribution in [0, 0.1) is 6.92 Å². The molecule has 55 heavy (non-hydrogen) atoms. The smallest absolute Gasteiger partial charge is 0.199 e. The minimum absolute atomic E-state index is 0.0522. The van der Waals surface area contributed by atoms with Gasteiger partial charge in [-0.05, 0) is 82.7 Å². The van der Waals surface area contributed by atoms with Gasteiger partial charge in [0.25, 0.3) is 0 Å². The molecule has 0 fully saturated rings. The largest absolute Gasteiger partial charge is 0.288 e. The second-order valence-electron chi connectivity index (χ2n) is 15.5. The van der Waals surface area contributed by atoms with Gasteiger partial charge in [0.2, 0.25) is 0 Å². The van der Waals surface area contributed by atoms with Crippen LogP contribution in [0.2, 0.25) is 20.1 Å². The first-order valence-electron chi connectivity index (χ1n) is 18.6. The quantitative estimate of drug-likeness (QED) is 0.0706. The first-order valence-corrected chi connectivity index (χ1v) is 20.1. The van der Waals surface area contributed by atoms with Gasteiger partial charge in [0.05, 0.1) is 59.2 Å². The van der Waals surface area contributed by atoms with Gasteiger partial charge in [-0.25, -0.2) is 9.97 Å². The molecular formula is C45H42Cl4N4O2. The molecule has 282 valence electrons. The fourth-order valence-electron chi connectivity index (χ4n) is 7.63. The van der Waals surface area contributed by atoms with Crippen LogP contribution in [0.4, 0.5) is 23.0 Å². The van der Waals surface area contributed by atoms with Crippen molar-refractivity contribution in [3.8, 4) is 0 Å². The number of Topliss-reactive ketones (excluding diaryl/α,β-unsaturated/α-hetero) is 2. The van der Waals surface area contributed by atoms with E-state index in [0.29, 0.717) is 17.5 Å². The molecule has 0 saturated carbocycles. The SMILES string of the molecule is Cc1ccc2nc3c(nc2c1)N(c1c(C(C)C)cccc1C(C)C)/C(=C\C=C1C(=O)c2c(Cl)c(Cl)c(Cl)c(Cl)c2C1=O)N3c1c(C(C)C)cccc1C(C)C. The van der Waals surface area contributed by atoms with Crippen molar-refractivity contribution >= 4 is 92.0 Å². The molecule has 7 rings (SSSR count). The molecular weight excluding hydrogens is 770 g/mol. The van der Waals surface area contributed by atoms with Crippen molar-refractivity contribution in [2.24, 2.45) is 0 Å². The van der Waals surface area contributed by atoms with Crippen molar-refractivity contribution in [2.45, 2.75) is 86.0 Å². The van der Waals surface area contributed by atoms with E-state index in [1.807, 2.05) is 31.2 Å². The van der Waals surface area contributed by atoms with Crippen LogP contribution >= 0.6 is 46.4 Å². The third-order valence-corrected chi connectivity index (χ3v) is 12.2. The van der Waals surface area contributed by atoms with E-state index in [9.17, 15) is 9.59 Å². The van der Waals surface area contributed by atoms with Gasteiger partial charge >= 0.3 is 0 Å². The number of fused-ring (bicyclic) bond motifs is 3. The molecule has 0 spiro atoms. The highest BCUT2D eigenvalue weighted by Crippen LogP contribution is 2.54. The van der Waals surface area contributed by atoms with Crippen LogP contribution in [0.5, 0.6) is 0 Å². The monoisotopic (exact) mass is 810 g/mol. The lowest BCUT2D eigenvalue weighted by atomic mass is 9.91. The minimum Gasteiger partial charge on any atom is -0.288 e. The molecule has 1 aromatic heterocycles. The highest BCUT2D eigenvalue weighted by molar-refractivity contribution is 6.57. The Morgan fingerprint density at radius 2 is 0.945 bits per heavy atom. The van der Waals surface area contributed by atoms with Gasteiger partial charge in [-0.15, -0.1) is 0 Å². The van der Waals surface area contributed by atoms with Gasteiger partial charge in [0.15, 0.2) is 23.2 Å². The van der Waals surface area contributed by atoms with E-state index in [-0.39, 0.29) is 60.5 Å². The van der Waals surface area contributed by atoms with Crippen LogP contribution in [0.1, 0.15) is 128 Å². The summed E-state index contributed by atoms with van der Waals surface area (Å²) >= 11 is 25.9. The van der Waals surface area contributed by atoms with Crippen molar-refractivity contribution in [2.75, 3.05) is 9.80 Å². The number of ketones is 2. The van der Waals surface area contributed by atoms with E-state index in [1.165, 1.54) is 0 Å². The first-order chi connectivity index (χ1) is 26.0.